The van der Waals surface area contributed by atoms with Gasteiger partial charge in [0.1, 0.15) is 0 Å². The Hall–Kier alpha value is -3.36. The number of nitrogens with zero attached hydrogens (tertiary/aromatic N) is 2. The van der Waals surface area contributed by atoms with E-state index in [4.69, 9.17) is 21.1 Å². The number of thiazole rings is 1. The zero-order valence-electron chi connectivity index (χ0n) is 19.1. The number of anilines is 1. The second-order valence-electron chi connectivity index (χ2n) is 7.64. The first-order valence-electron chi connectivity index (χ1n) is 10.6. The quantitative estimate of drug-likeness (QED) is 0.426. The maximum atomic E-state index is 13.7. The Balaban J connectivity index is 1.91. The summed E-state index contributed by atoms with van der Waals surface area (Å²) in [5.41, 5.74) is 1.60. The van der Waals surface area contributed by atoms with Crippen LogP contribution in [0.5, 0.6) is 11.5 Å². The van der Waals surface area contributed by atoms with E-state index in [2.05, 4.69) is 4.98 Å². The largest absolute Gasteiger partial charge is 0.503 e. The van der Waals surface area contributed by atoms with Crippen LogP contribution < -0.4 is 14.4 Å². The van der Waals surface area contributed by atoms with Crippen molar-refractivity contribution in [3.8, 4) is 11.5 Å². The summed E-state index contributed by atoms with van der Waals surface area (Å²) in [4.78, 5) is 33.1. The van der Waals surface area contributed by atoms with Crippen LogP contribution >= 0.6 is 22.9 Å². The van der Waals surface area contributed by atoms with Crippen molar-refractivity contribution < 1.29 is 24.2 Å². The number of hydrogen-bond acceptors (Lipinski definition) is 7. The van der Waals surface area contributed by atoms with E-state index >= 15 is 0 Å². The van der Waals surface area contributed by atoms with Gasteiger partial charge in [-0.15, -0.1) is 11.3 Å². The molecule has 0 saturated carbocycles. The monoisotopic (exact) mass is 498 g/mol. The minimum Gasteiger partial charge on any atom is -0.503 e. The number of aliphatic hydroxyl groups is 1. The molecule has 1 aliphatic heterocycles. The van der Waals surface area contributed by atoms with Crippen LogP contribution in [0, 0.1) is 13.8 Å². The highest BCUT2D eigenvalue weighted by Crippen LogP contribution is 2.44. The molecule has 9 heteroatoms. The number of carbonyl (C=O) groups excluding carboxylic acids is 2. The second kappa shape index (κ2) is 9.48. The average molecular weight is 499 g/mol. The van der Waals surface area contributed by atoms with Gasteiger partial charge in [-0.05, 0) is 62.7 Å². The normalized spacial score (nSPS) is 15.7. The number of amides is 1. The maximum Gasteiger partial charge on any atom is 0.294 e. The van der Waals surface area contributed by atoms with Crippen LogP contribution in [0.2, 0.25) is 5.02 Å². The fourth-order valence-electron chi connectivity index (χ4n) is 4.02. The summed E-state index contributed by atoms with van der Waals surface area (Å²) in [6, 6.07) is 10.9. The number of hydrogen-bond donors (Lipinski definition) is 1. The van der Waals surface area contributed by atoms with Crippen LogP contribution in [-0.4, -0.2) is 35.5 Å². The first-order chi connectivity index (χ1) is 16.3. The zero-order chi connectivity index (χ0) is 24.6. The van der Waals surface area contributed by atoms with Gasteiger partial charge in [-0.1, -0.05) is 17.7 Å². The molecule has 3 aromatic rings. The Bertz CT molecular complexity index is 1300. The first-order valence-corrected chi connectivity index (χ1v) is 11.8. The van der Waals surface area contributed by atoms with Crippen molar-refractivity contribution in [2.24, 2.45) is 0 Å². The number of aliphatic hydroxyl groups excluding tert-OH is 1. The first kappa shape index (κ1) is 23.8. The molecule has 7 nitrogen and oxygen atoms in total. The van der Waals surface area contributed by atoms with Gasteiger partial charge >= 0.3 is 0 Å². The van der Waals surface area contributed by atoms with E-state index in [1.54, 1.807) is 56.3 Å². The fraction of sp³-hybridized carbons (Fsp3) is 0.240. The maximum absolute atomic E-state index is 13.7. The van der Waals surface area contributed by atoms with Crippen LogP contribution in [0.1, 0.15) is 38.9 Å². The van der Waals surface area contributed by atoms with Gasteiger partial charge in [0, 0.05) is 10.7 Å². The lowest BCUT2D eigenvalue weighted by atomic mass is 9.94. The summed E-state index contributed by atoms with van der Waals surface area (Å²) in [6.45, 7) is 5.78. The Morgan fingerprint density at radius 3 is 2.47 bits per heavy atom. The lowest BCUT2D eigenvalue weighted by Gasteiger charge is -2.27. The molecule has 0 radical (unpaired) electrons. The van der Waals surface area contributed by atoms with Crippen LogP contribution in [0.15, 0.2) is 53.8 Å². The molecular formula is C25H23ClN2O5S. The van der Waals surface area contributed by atoms with E-state index < -0.39 is 23.5 Å². The standard InChI is InChI=1S/C25H23ClN2O5S/c1-5-33-19-12-15(6-11-18(19)32-4)21-20(22(29)24-13(2)27-14(3)34-24)23(30)25(31)28(21)17-9-7-16(26)8-10-17/h6-12,21,30H,5H2,1-4H3. The molecule has 1 amide bonds. The van der Waals surface area contributed by atoms with Gasteiger partial charge in [-0.3, -0.25) is 14.5 Å². The van der Waals surface area contributed by atoms with Gasteiger partial charge in [0.15, 0.2) is 17.3 Å². The summed E-state index contributed by atoms with van der Waals surface area (Å²) in [5.74, 6) is -0.728. The summed E-state index contributed by atoms with van der Waals surface area (Å²) < 4.78 is 11.1. The number of methoxy groups -OCH3 is 1. The number of aromatic nitrogens is 1. The highest BCUT2D eigenvalue weighted by molar-refractivity contribution is 7.14. The van der Waals surface area contributed by atoms with Crippen LogP contribution in [0.25, 0.3) is 0 Å². The minimum absolute atomic E-state index is 0.0145. The summed E-state index contributed by atoms with van der Waals surface area (Å²) >= 11 is 7.28. The van der Waals surface area contributed by atoms with Crippen molar-refractivity contribution in [1.82, 2.24) is 4.98 Å². The Labute approximate surface area is 206 Å². The molecule has 1 aromatic heterocycles. The lowest BCUT2D eigenvalue weighted by Crippen LogP contribution is -2.31. The number of carbonyl (C=O) groups is 2. The Morgan fingerprint density at radius 2 is 1.88 bits per heavy atom. The van der Waals surface area contributed by atoms with E-state index in [0.717, 1.165) is 5.01 Å². The smallest absolute Gasteiger partial charge is 0.294 e. The van der Waals surface area contributed by atoms with Gasteiger partial charge < -0.3 is 14.6 Å². The number of benzene rings is 2. The summed E-state index contributed by atoms with van der Waals surface area (Å²) in [5, 5.41) is 12.2. The Kier molecular flexibility index (Phi) is 6.63. The topological polar surface area (TPSA) is 89.0 Å². The van der Waals surface area contributed by atoms with Crippen molar-refractivity contribution in [3.63, 3.8) is 0 Å². The molecule has 1 aliphatic rings. The number of rotatable bonds is 7. The highest BCUT2D eigenvalue weighted by Gasteiger charge is 2.45. The molecular weight excluding hydrogens is 476 g/mol. The predicted molar refractivity (Wildman–Crippen MR) is 131 cm³/mol. The molecule has 176 valence electrons. The van der Waals surface area contributed by atoms with E-state index in [0.29, 0.717) is 45.0 Å². The number of ketones is 1. The number of halogens is 1. The van der Waals surface area contributed by atoms with Gasteiger partial charge in [-0.2, -0.15) is 0 Å². The third-order valence-electron chi connectivity index (χ3n) is 5.47. The van der Waals surface area contributed by atoms with Gasteiger partial charge in [-0.25, -0.2) is 4.98 Å². The highest BCUT2D eigenvalue weighted by atomic mass is 35.5. The zero-order valence-corrected chi connectivity index (χ0v) is 20.7. The van der Waals surface area contributed by atoms with Gasteiger partial charge in [0.05, 0.1) is 40.9 Å². The molecule has 0 spiro atoms. The van der Waals surface area contributed by atoms with Crippen molar-refractivity contribution in [2.45, 2.75) is 26.8 Å². The number of Topliss-reactive ketones (excluding diaryl/α,β-unsaturated/α-hetero) is 1. The lowest BCUT2D eigenvalue weighted by molar-refractivity contribution is -0.117. The van der Waals surface area contributed by atoms with E-state index in [1.807, 2.05) is 6.92 Å². The van der Waals surface area contributed by atoms with E-state index in [9.17, 15) is 14.7 Å². The van der Waals surface area contributed by atoms with Crippen LogP contribution in [-0.2, 0) is 4.79 Å². The number of aryl methyl sites for hydroxylation is 2. The molecule has 0 aliphatic carbocycles. The SMILES string of the molecule is CCOc1cc(C2C(C(=O)c3sc(C)nc3C)=C(O)C(=O)N2c2ccc(Cl)cc2)ccc1OC. The van der Waals surface area contributed by atoms with Crippen molar-refractivity contribution >= 4 is 40.3 Å². The summed E-state index contributed by atoms with van der Waals surface area (Å²) in [7, 11) is 1.53. The number of ether oxygens (including phenoxy) is 2. The Morgan fingerprint density at radius 1 is 1.18 bits per heavy atom. The molecule has 0 bridgehead atoms. The minimum atomic E-state index is -0.895. The third-order valence-corrected chi connectivity index (χ3v) is 6.79. The predicted octanol–water partition coefficient (Wildman–Crippen LogP) is 5.60. The summed E-state index contributed by atoms with van der Waals surface area (Å²) in [6.07, 6.45) is 0. The average Bonchev–Trinajstić information content (AvgIpc) is 3.29. The molecule has 34 heavy (non-hydrogen) atoms. The molecule has 2 heterocycles. The van der Waals surface area contributed by atoms with Crippen LogP contribution in [0.4, 0.5) is 5.69 Å². The van der Waals surface area contributed by atoms with Crippen molar-refractivity contribution in [1.29, 1.82) is 0 Å². The van der Waals surface area contributed by atoms with Gasteiger partial charge in [0.2, 0.25) is 5.78 Å². The molecule has 0 saturated heterocycles. The second-order valence-corrected chi connectivity index (χ2v) is 9.28. The van der Waals surface area contributed by atoms with Crippen molar-refractivity contribution in [3.05, 3.63) is 80.0 Å². The van der Waals surface area contributed by atoms with Gasteiger partial charge in [0.25, 0.3) is 5.91 Å². The molecule has 2 aromatic carbocycles. The molecule has 4 rings (SSSR count). The fourth-order valence-corrected chi connectivity index (χ4v) is 5.02. The van der Waals surface area contributed by atoms with Crippen LogP contribution in [0.3, 0.4) is 0 Å². The van der Waals surface area contributed by atoms with E-state index in [1.165, 1.54) is 23.3 Å². The molecule has 0 fully saturated rings. The molecule has 1 atom stereocenters. The third kappa shape index (κ3) is 4.15. The molecule has 1 unspecified atom stereocenters. The molecule has 1 N–H and O–H groups in total. The van der Waals surface area contributed by atoms with Crippen molar-refractivity contribution in [2.75, 3.05) is 18.6 Å². The van der Waals surface area contributed by atoms with E-state index in [-0.39, 0.29) is 5.57 Å².